The van der Waals surface area contributed by atoms with Gasteiger partial charge in [-0.3, -0.25) is 4.79 Å². The van der Waals surface area contributed by atoms with Gasteiger partial charge in [0.25, 0.3) is 5.91 Å². The molecule has 0 aliphatic rings. The third-order valence-corrected chi connectivity index (χ3v) is 6.18. The van der Waals surface area contributed by atoms with Gasteiger partial charge in [0.2, 0.25) is 0 Å². The molecule has 0 bridgehead atoms. The highest BCUT2D eigenvalue weighted by atomic mass is 127. The summed E-state index contributed by atoms with van der Waals surface area (Å²) in [5, 5.41) is 6.97. The minimum Gasteiger partial charge on any atom is -0.493 e. The van der Waals surface area contributed by atoms with Gasteiger partial charge in [0.1, 0.15) is 17.3 Å². The van der Waals surface area contributed by atoms with E-state index in [2.05, 4.69) is 37.2 Å². The van der Waals surface area contributed by atoms with E-state index in [4.69, 9.17) is 4.74 Å². The first-order chi connectivity index (χ1) is 15.7. The fourth-order valence-electron chi connectivity index (χ4n) is 2.95. The summed E-state index contributed by atoms with van der Waals surface area (Å²) in [7, 11) is 0. The maximum atomic E-state index is 14.0. The van der Waals surface area contributed by atoms with Crippen molar-refractivity contribution in [2.24, 2.45) is 0 Å². The average Bonchev–Trinajstić information content (AvgIpc) is 3.19. The van der Waals surface area contributed by atoms with Crippen molar-refractivity contribution >= 4 is 34.3 Å². The van der Waals surface area contributed by atoms with Crippen LogP contribution in [0.3, 0.4) is 0 Å². The van der Waals surface area contributed by atoms with Gasteiger partial charge in [-0.05, 0) is 64.9 Å². The van der Waals surface area contributed by atoms with Gasteiger partial charge in [-0.15, -0.1) is 13.2 Å². The normalized spacial score (nSPS) is 11.7. The van der Waals surface area contributed by atoms with Crippen LogP contribution in [0, 0.1) is 5.82 Å². The van der Waals surface area contributed by atoms with Gasteiger partial charge in [-0.1, -0.05) is 19.1 Å². The van der Waals surface area contributed by atoms with Crippen molar-refractivity contribution in [2.45, 2.75) is 26.3 Å². The minimum atomic E-state index is -4.92. The van der Waals surface area contributed by atoms with Crippen molar-refractivity contribution in [1.29, 1.82) is 0 Å². The number of rotatable bonds is 9. The number of carbonyl (C=O) groups excluding carboxylic acids is 1. The van der Waals surface area contributed by atoms with Crippen molar-refractivity contribution in [3.05, 3.63) is 65.6 Å². The predicted octanol–water partition coefficient (Wildman–Crippen LogP) is 6.10. The number of ether oxygens (including phenoxy) is 2. The second kappa shape index (κ2) is 11.1. The van der Waals surface area contributed by atoms with Crippen LogP contribution >= 0.6 is 28.4 Å². The van der Waals surface area contributed by atoms with E-state index in [0.29, 0.717) is 29.3 Å². The number of carbonyl (C=O) groups is 1. The van der Waals surface area contributed by atoms with Crippen LogP contribution in [0.15, 0.2) is 48.5 Å². The Morgan fingerprint density at radius 3 is 2.64 bits per heavy atom. The number of amides is 1. The molecule has 1 heterocycles. The van der Waals surface area contributed by atoms with Crippen LogP contribution in [0.1, 0.15) is 29.4 Å². The second-order valence-electron chi connectivity index (χ2n) is 6.73. The quantitative estimate of drug-likeness (QED) is 0.185. The van der Waals surface area contributed by atoms with Crippen molar-refractivity contribution in [1.82, 2.24) is 14.9 Å². The summed E-state index contributed by atoms with van der Waals surface area (Å²) in [6, 6.07) is 11.0. The van der Waals surface area contributed by atoms with Crippen LogP contribution in [0.25, 0.3) is 11.3 Å². The summed E-state index contributed by atoms with van der Waals surface area (Å²) in [5.74, 6) is -1.28. The Hall–Kier alpha value is -2.40. The van der Waals surface area contributed by atoms with E-state index in [1.165, 1.54) is 30.3 Å². The van der Waals surface area contributed by atoms with Gasteiger partial charge in [-0.2, -0.15) is 5.10 Å². The Bertz CT molecular complexity index is 1120. The number of hydrogen-bond acceptors (Lipinski definition) is 4. The van der Waals surface area contributed by atoms with Gasteiger partial charge in [0.15, 0.2) is 0 Å². The molecule has 1 unspecified atom stereocenters. The molecule has 1 aromatic heterocycles. The number of hydrogen-bond donors (Lipinski definition) is 1. The third kappa shape index (κ3) is 6.80. The lowest BCUT2D eigenvalue weighted by Crippen LogP contribution is -2.25. The molecule has 176 valence electrons. The first-order valence-corrected chi connectivity index (χ1v) is 13.8. The molecule has 2 aromatic carbocycles. The molecule has 0 saturated heterocycles. The van der Waals surface area contributed by atoms with Crippen LogP contribution in [0.4, 0.5) is 17.6 Å². The van der Waals surface area contributed by atoms with Crippen molar-refractivity contribution in [3.63, 3.8) is 0 Å². The minimum absolute atomic E-state index is 0.0548. The van der Waals surface area contributed by atoms with E-state index in [1.54, 1.807) is 16.6 Å². The zero-order chi connectivity index (χ0) is 24.0. The fraction of sp³-hybridized carbons (Fsp3) is 0.238. The summed E-state index contributed by atoms with van der Waals surface area (Å²) in [4.78, 5) is 12.5. The maximum Gasteiger partial charge on any atom is 0.573 e. The summed E-state index contributed by atoms with van der Waals surface area (Å²) in [5.41, 5.74) is 1.30. The molecule has 0 fully saturated rings. The van der Waals surface area contributed by atoms with E-state index in [9.17, 15) is 22.4 Å². The van der Waals surface area contributed by atoms with E-state index in [1.807, 2.05) is 6.92 Å². The standard InChI is InChI=1S/C21H19F4IN3O3P/c1-2-9-31-18-8-7-13(22)10-16(18)17-11-14(28-29(17)33-26)12-27-20(30)15-5-3-4-6-19(15)32-21(23,24)25/h3-8,10-11,33H,2,9,12H2,1H3,(H,27,30). The van der Waals surface area contributed by atoms with Crippen LogP contribution in [0.5, 0.6) is 11.5 Å². The Labute approximate surface area is 202 Å². The first-order valence-electron chi connectivity index (χ1n) is 9.73. The Morgan fingerprint density at radius 1 is 1.18 bits per heavy atom. The number of para-hydroxylation sites is 1. The molecule has 0 saturated carbocycles. The molecule has 1 N–H and O–H groups in total. The van der Waals surface area contributed by atoms with Crippen molar-refractivity contribution in [2.75, 3.05) is 6.61 Å². The Balaban J connectivity index is 1.82. The second-order valence-corrected chi connectivity index (χ2v) is 8.77. The molecule has 33 heavy (non-hydrogen) atoms. The topological polar surface area (TPSA) is 65.4 Å². The smallest absolute Gasteiger partial charge is 0.493 e. The van der Waals surface area contributed by atoms with Gasteiger partial charge < -0.3 is 14.8 Å². The number of nitrogens with zero attached hydrogens (tertiary/aromatic N) is 2. The average molecular weight is 595 g/mol. The zero-order valence-corrected chi connectivity index (χ0v) is 20.4. The highest BCUT2D eigenvalue weighted by Gasteiger charge is 2.32. The highest BCUT2D eigenvalue weighted by molar-refractivity contribution is 14.2. The van der Waals surface area contributed by atoms with Gasteiger partial charge in [-0.25, -0.2) is 8.84 Å². The molecule has 0 aliphatic carbocycles. The maximum absolute atomic E-state index is 14.0. The molecular formula is C21H19F4IN3O3P. The molecule has 3 aromatic rings. The van der Waals surface area contributed by atoms with Crippen LogP contribution in [-0.4, -0.2) is 28.4 Å². The van der Waals surface area contributed by atoms with E-state index < -0.39 is 23.8 Å². The van der Waals surface area contributed by atoms with Gasteiger partial charge >= 0.3 is 6.36 Å². The molecule has 0 spiro atoms. The Morgan fingerprint density at radius 2 is 1.94 bits per heavy atom. The van der Waals surface area contributed by atoms with Gasteiger partial charge in [0.05, 0.1) is 36.5 Å². The fourth-order valence-corrected chi connectivity index (χ4v) is 4.49. The van der Waals surface area contributed by atoms with E-state index in [-0.39, 0.29) is 18.5 Å². The number of aromatic nitrogens is 2. The lowest BCUT2D eigenvalue weighted by Gasteiger charge is -2.12. The van der Waals surface area contributed by atoms with Gasteiger partial charge in [0, 0.05) is 5.56 Å². The molecule has 1 amide bonds. The van der Waals surface area contributed by atoms with E-state index >= 15 is 0 Å². The Kier molecular flexibility index (Phi) is 8.52. The van der Waals surface area contributed by atoms with Crippen LogP contribution in [-0.2, 0) is 6.54 Å². The molecular weight excluding hydrogens is 576 g/mol. The largest absolute Gasteiger partial charge is 0.573 e. The molecule has 0 radical (unpaired) electrons. The van der Waals surface area contributed by atoms with Crippen molar-refractivity contribution in [3.8, 4) is 22.8 Å². The molecule has 1 atom stereocenters. The predicted molar refractivity (Wildman–Crippen MR) is 125 cm³/mol. The lowest BCUT2D eigenvalue weighted by molar-refractivity contribution is -0.274. The molecule has 6 nitrogen and oxygen atoms in total. The highest BCUT2D eigenvalue weighted by Crippen LogP contribution is 2.37. The number of nitrogens with one attached hydrogen (secondary N) is 1. The monoisotopic (exact) mass is 595 g/mol. The van der Waals surface area contributed by atoms with Crippen LogP contribution < -0.4 is 14.8 Å². The van der Waals surface area contributed by atoms with E-state index in [0.717, 1.165) is 12.5 Å². The van der Waals surface area contributed by atoms with Crippen LogP contribution in [0.2, 0.25) is 0 Å². The SMILES string of the molecule is CCCOc1ccc(F)cc1-c1cc(CNC(=O)c2ccccc2OC(F)(F)F)nn1PI. The number of alkyl halides is 3. The molecule has 0 aliphatic heterocycles. The van der Waals surface area contributed by atoms with Crippen molar-refractivity contribution < 1.29 is 31.8 Å². The zero-order valence-electron chi connectivity index (χ0n) is 17.2. The first kappa shape index (κ1) is 25.2. The molecule has 12 heteroatoms. The number of benzene rings is 2. The third-order valence-electron chi connectivity index (χ3n) is 4.31. The summed E-state index contributed by atoms with van der Waals surface area (Å²) in [6.07, 6.45) is -3.97. The number of halogens is 5. The summed E-state index contributed by atoms with van der Waals surface area (Å²) >= 11 is 2.12. The summed E-state index contributed by atoms with van der Waals surface area (Å²) < 4.78 is 63.1. The summed E-state index contributed by atoms with van der Waals surface area (Å²) in [6.45, 7) is 2.36. The lowest BCUT2D eigenvalue weighted by atomic mass is 10.1. The molecule has 3 rings (SSSR count).